The second-order valence-corrected chi connectivity index (χ2v) is 1.85. The van der Waals surface area contributed by atoms with Gasteiger partial charge in [0.05, 0.1) is 0 Å². The molecule has 0 saturated heterocycles. The summed E-state index contributed by atoms with van der Waals surface area (Å²) >= 11 is 1.88. The van der Waals surface area contributed by atoms with Crippen molar-refractivity contribution in [1.29, 1.82) is 0 Å². The SMILES string of the molecule is [Li][C]#CCC/C=C\CC. The van der Waals surface area contributed by atoms with Gasteiger partial charge in [0, 0.05) is 0 Å². The molecule has 0 rings (SSSR count). The van der Waals surface area contributed by atoms with Crippen LogP contribution in [0.5, 0.6) is 0 Å². The quantitative estimate of drug-likeness (QED) is 0.227. The summed E-state index contributed by atoms with van der Waals surface area (Å²) in [5, 5.41) is 0. The minimum atomic E-state index is 1.01. The summed E-state index contributed by atoms with van der Waals surface area (Å²) in [6.07, 6.45) is 7.61. The zero-order chi connectivity index (χ0) is 6.95. The average molecular weight is 114 g/mol. The molecule has 0 amide bonds. The van der Waals surface area contributed by atoms with Crippen LogP contribution in [0.15, 0.2) is 12.2 Å². The third-order valence-electron chi connectivity index (χ3n) is 1.02. The molecule has 9 heavy (non-hydrogen) atoms. The number of unbranched alkanes of at least 4 members (excludes halogenated alkanes) is 1. The molecule has 0 aliphatic heterocycles. The fourth-order valence-electron chi connectivity index (χ4n) is 0.565. The van der Waals surface area contributed by atoms with E-state index < -0.39 is 0 Å². The summed E-state index contributed by atoms with van der Waals surface area (Å²) in [5.41, 5.74) is 0. The first-order valence-corrected chi connectivity index (χ1v) is 3.46. The van der Waals surface area contributed by atoms with Crippen molar-refractivity contribution in [2.75, 3.05) is 0 Å². The van der Waals surface area contributed by atoms with Crippen LogP contribution < -0.4 is 0 Å². The van der Waals surface area contributed by atoms with Gasteiger partial charge in [0.25, 0.3) is 0 Å². The van der Waals surface area contributed by atoms with Crippen LogP contribution in [0.1, 0.15) is 26.2 Å². The van der Waals surface area contributed by atoms with Crippen molar-refractivity contribution in [3.63, 3.8) is 0 Å². The third-order valence-corrected chi connectivity index (χ3v) is 1.02. The van der Waals surface area contributed by atoms with Gasteiger partial charge in [0.15, 0.2) is 0 Å². The van der Waals surface area contributed by atoms with Gasteiger partial charge in [-0.15, -0.1) is 0 Å². The Labute approximate surface area is 66.9 Å². The van der Waals surface area contributed by atoms with E-state index in [2.05, 4.69) is 29.6 Å². The first kappa shape index (κ1) is 8.90. The summed E-state index contributed by atoms with van der Waals surface area (Å²) in [6, 6.07) is 0. The molecule has 0 aromatic carbocycles. The van der Waals surface area contributed by atoms with Gasteiger partial charge in [-0.25, -0.2) is 0 Å². The fraction of sp³-hybridized carbons (Fsp3) is 0.500. The maximum absolute atomic E-state index is 3.01. The van der Waals surface area contributed by atoms with Crippen LogP contribution in [-0.4, -0.2) is 17.7 Å². The molecule has 0 aromatic rings. The van der Waals surface area contributed by atoms with Crippen LogP contribution in [0.2, 0.25) is 0 Å². The van der Waals surface area contributed by atoms with Crippen LogP contribution in [0.3, 0.4) is 0 Å². The first-order chi connectivity index (χ1) is 4.41. The van der Waals surface area contributed by atoms with E-state index in [9.17, 15) is 0 Å². The van der Waals surface area contributed by atoms with Gasteiger partial charge < -0.3 is 0 Å². The van der Waals surface area contributed by atoms with Gasteiger partial charge in [0.2, 0.25) is 0 Å². The van der Waals surface area contributed by atoms with E-state index in [1.54, 1.807) is 0 Å². The number of rotatable bonds is 3. The van der Waals surface area contributed by atoms with Crippen LogP contribution in [0, 0.1) is 10.5 Å². The Kier molecular flexibility index (Phi) is 7.81. The molecule has 44 valence electrons. The summed E-state index contributed by atoms with van der Waals surface area (Å²) < 4.78 is 2.86. The van der Waals surface area contributed by atoms with Gasteiger partial charge in [-0.3, -0.25) is 0 Å². The number of allylic oxidation sites excluding steroid dienone is 2. The van der Waals surface area contributed by atoms with Crippen LogP contribution in [0.4, 0.5) is 0 Å². The Bertz CT molecular complexity index is 125. The van der Waals surface area contributed by atoms with Crippen molar-refractivity contribution in [2.24, 2.45) is 0 Å². The normalized spacial score (nSPS) is 9.22. The molecule has 1 heteroatoms. The van der Waals surface area contributed by atoms with Crippen LogP contribution >= 0.6 is 0 Å². The summed E-state index contributed by atoms with van der Waals surface area (Å²) in [4.78, 5) is 0. The Hall–Kier alpha value is -0.103. The van der Waals surface area contributed by atoms with Gasteiger partial charge in [-0.1, -0.05) is 0 Å². The Morgan fingerprint density at radius 1 is 1.44 bits per heavy atom. The molecule has 0 radical (unpaired) electrons. The zero-order valence-electron chi connectivity index (χ0n) is 6.28. The second-order valence-electron chi connectivity index (χ2n) is 1.85. The predicted molar refractivity (Wildman–Crippen MR) is 42.2 cm³/mol. The molecular weight excluding hydrogens is 103 g/mol. The fourth-order valence-corrected chi connectivity index (χ4v) is 0.565. The average Bonchev–Trinajstić information content (AvgIpc) is 1.89. The topological polar surface area (TPSA) is 0 Å². The van der Waals surface area contributed by atoms with Gasteiger partial charge in [-0.2, -0.15) is 0 Å². The summed E-state index contributed by atoms with van der Waals surface area (Å²) in [7, 11) is 0. The van der Waals surface area contributed by atoms with E-state index in [1.807, 2.05) is 17.7 Å². The van der Waals surface area contributed by atoms with Crippen molar-refractivity contribution >= 4 is 17.7 Å². The zero-order valence-corrected chi connectivity index (χ0v) is 6.28. The Morgan fingerprint density at radius 2 is 2.22 bits per heavy atom. The predicted octanol–water partition coefficient (Wildman–Crippen LogP) is 1.86. The van der Waals surface area contributed by atoms with Gasteiger partial charge in [0.1, 0.15) is 0 Å². The molecule has 0 atom stereocenters. The van der Waals surface area contributed by atoms with E-state index >= 15 is 0 Å². The molecule has 0 aromatic heterocycles. The minimum absolute atomic E-state index is 1.01. The molecular formula is C8H11Li. The maximum atomic E-state index is 3.01. The van der Waals surface area contributed by atoms with E-state index in [0.717, 1.165) is 19.3 Å². The molecule has 0 fully saturated rings. The summed E-state index contributed by atoms with van der Waals surface area (Å²) in [5.74, 6) is 3.01. The molecule has 0 spiro atoms. The Morgan fingerprint density at radius 3 is 2.78 bits per heavy atom. The van der Waals surface area contributed by atoms with E-state index in [-0.39, 0.29) is 0 Å². The van der Waals surface area contributed by atoms with Crippen LogP contribution in [-0.2, 0) is 0 Å². The molecule has 0 aliphatic carbocycles. The Balaban J connectivity index is 3.06. The molecule has 0 bridgehead atoms. The number of hydrogen-bond acceptors (Lipinski definition) is 0. The van der Waals surface area contributed by atoms with E-state index in [0.29, 0.717) is 0 Å². The molecule has 0 N–H and O–H groups in total. The van der Waals surface area contributed by atoms with Crippen molar-refractivity contribution in [3.8, 4) is 10.5 Å². The molecule has 0 heterocycles. The monoisotopic (exact) mass is 114 g/mol. The number of hydrogen-bond donors (Lipinski definition) is 0. The standard InChI is InChI=1S/C8H11.Li/c1-3-5-7-8-6-4-2;/h5,7H,3,6,8H2,1H3;/b7-5-;. The van der Waals surface area contributed by atoms with E-state index in [1.165, 1.54) is 0 Å². The van der Waals surface area contributed by atoms with E-state index in [4.69, 9.17) is 0 Å². The molecule has 0 nitrogen and oxygen atoms in total. The van der Waals surface area contributed by atoms with Crippen molar-refractivity contribution in [3.05, 3.63) is 12.2 Å². The summed E-state index contributed by atoms with van der Waals surface area (Å²) in [6.45, 7) is 2.14. The molecule has 0 unspecified atom stereocenters. The van der Waals surface area contributed by atoms with Crippen molar-refractivity contribution < 1.29 is 0 Å². The molecule has 0 saturated carbocycles. The van der Waals surface area contributed by atoms with Gasteiger partial charge >= 0.3 is 66.6 Å². The second kappa shape index (κ2) is 7.90. The molecule has 0 aliphatic rings. The van der Waals surface area contributed by atoms with Gasteiger partial charge in [-0.05, 0) is 0 Å². The third kappa shape index (κ3) is 7.90. The van der Waals surface area contributed by atoms with Crippen molar-refractivity contribution in [2.45, 2.75) is 26.2 Å². The van der Waals surface area contributed by atoms with Crippen LogP contribution in [0.25, 0.3) is 0 Å². The van der Waals surface area contributed by atoms with Crippen molar-refractivity contribution in [1.82, 2.24) is 0 Å². The first-order valence-electron chi connectivity index (χ1n) is 3.46.